The molecule has 0 radical (unpaired) electrons. The monoisotopic (exact) mass is 448 g/mol. The third-order valence-corrected chi connectivity index (χ3v) is 6.04. The lowest BCUT2D eigenvalue weighted by atomic mass is 10.1. The van der Waals surface area contributed by atoms with E-state index in [-0.39, 0.29) is 22.3 Å². The Hall–Kier alpha value is -2.91. The van der Waals surface area contributed by atoms with Gasteiger partial charge in [-0.1, -0.05) is 19.1 Å². The number of aryl methyl sites for hydroxylation is 1. The second kappa shape index (κ2) is 10.4. The summed E-state index contributed by atoms with van der Waals surface area (Å²) < 4.78 is 37.9. The van der Waals surface area contributed by atoms with Gasteiger partial charge in [0.2, 0.25) is 10.0 Å². The highest BCUT2D eigenvalue weighted by molar-refractivity contribution is 7.89. The quantitative estimate of drug-likeness (QED) is 0.570. The Morgan fingerprint density at radius 1 is 1.03 bits per heavy atom. The number of sulfonamides is 1. The molecule has 31 heavy (non-hydrogen) atoms. The molecule has 0 aliphatic rings. The van der Waals surface area contributed by atoms with Crippen molar-refractivity contribution >= 4 is 27.6 Å². The first kappa shape index (κ1) is 24.4. The van der Waals surface area contributed by atoms with Crippen LogP contribution in [0.25, 0.3) is 0 Å². The third kappa shape index (κ3) is 6.53. The van der Waals surface area contributed by atoms with Gasteiger partial charge in [0.15, 0.2) is 6.10 Å². The van der Waals surface area contributed by atoms with E-state index in [0.717, 1.165) is 12.0 Å². The first-order chi connectivity index (χ1) is 14.6. The predicted molar refractivity (Wildman–Crippen MR) is 118 cm³/mol. The molecule has 0 aliphatic heterocycles. The van der Waals surface area contributed by atoms with Crippen molar-refractivity contribution in [1.82, 2.24) is 4.72 Å². The summed E-state index contributed by atoms with van der Waals surface area (Å²) in [5.41, 5.74) is 1.70. The van der Waals surface area contributed by atoms with E-state index in [1.165, 1.54) is 32.2 Å². The van der Waals surface area contributed by atoms with Gasteiger partial charge in [0.25, 0.3) is 5.91 Å². The molecule has 0 aromatic heterocycles. The van der Waals surface area contributed by atoms with E-state index in [9.17, 15) is 18.0 Å². The number of amides is 1. The van der Waals surface area contributed by atoms with Crippen molar-refractivity contribution in [3.8, 4) is 5.75 Å². The van der Waals surface area contributed by atoms with E-state index in [2.05, 4.69) is 10.0 Å². The van der Waals surface area contributed by atoms with Crippen molar-refractivity contribution in [2.75, 3.05) is 12.4 Å². The molecule has 168 valence electrons. The van der Waals surface area contributed by atoms with E-state index in [1.54, 1.807) is 26.0 Å². The zero-order chi connectivity index (χ0) is 23.2. The van der Waals surface area contributed by atoms with E-state index in [1.807, 2.05) is 19.1 Å². The van der Waals surface area contributed by atoms with Crippen LogP contribution in [-0.4, -0.2) is 39.5 Å². The van der Waals surface area contributed by atoms with Crippen LogP contribution in [0.15, 0.2) is 47.4 Å². The van der Waals surface area contributed by atoms with Crippen LogP contribution in [0, 0.1) is 0 Å². The fourth-order valence-electron chi connectivity index (χ4n) is 2.74. The Balaban J connectivity index is 2.14. The first-order valence-corrected chi connectivity index (χ1v) is 11.4. The maximum absolute atomic E-state index is 12.6. The Morgan fingerprint density at radius 2 is 1.68 bits per heavy atom. The molecule has 1 amide bonds. The molecule has 0 saturated heterocycles. The summed E-state index contributed by atoms with van der Waals surface area (Å²) in [6.07, 6.45) is -0.205. The van der Waals surface area contributed by atoms with Crippen LogP contribution in [-0.2, 0) is 26.0 Å². The normalized spacial score (nSPS) is 12.3. The number of hydrogen-bond acceptors (Lipinski definition) is 6. The molecule has 0 aliphatic carbocycles. The molecule has 2 aromatic carbocycles. The van der Waals surface area contributed by atoms with Crippen molar-refractivity contribution in [2.45, 2.75) is 51.2 Å². The van der Waals surface area contributed by atoms with Crippen LogP contribution in [0.2, 0.25) is 0 Å². The fourth-order valence-corrected chi connectivity index (χ4v) is 4.18. The molecule has 1 unspecified atom stereocenters. The number of esters is 1. The SMILES string of the molecule is CCc1ccc(NC(=O)C(C)OC(=O)c2ccc(OC)c(S(=O)(=O)NC(C)C)c2)cc1. The molecular formula is C22H28N2O6S. The van der Waals surface area contributed by atoms with Gasteiger partial charge in [-0.2, -0.15) is 0 Å². The maximum Gasteiger partial charge on any atom is 0.338 e. The van der Waals surface area contributed by atoms with Crippen molar-refractivity contribution in [1.29, 1.82) is 0 Å². The summed E-state index contributed by atoms with van der Waals surface area (Å²) >= 11 is 0. The summed E-state index contributed by atoms with van der Waals surface area (Å²) in [6, 6.07) is 10.9. The molecule has 2 N–H and O–H groups in total. The predicted octanol–water partition coefficient (Wildman–Crippen LogP) is 3.13. The highest BCUT2D eigenvalue weighted by Crippen LogP contribution is 2.25. The zero-order valence-corrected chi connectivity index (χ0v) is 19.1. The highest BCUT2D eigenvalue weighted by atomic mass is 32.2. The highest BCUT2D eigenvalue weighted by Gasteiger charge is 2.25. The fraction of sp³-hybridized carbons (Fsp3) is 0.364. The Bertz CT molecular complexity index is 1030. The number of carbonyl (C=O) groups is 2. The van der Waals surface area contributed by atoms with Crippen LogP contribution in [0.4, 0.5) is 5.69 Å². The number of methoxy groups -OCH3 is 1. The zero-order valence-electron chi connectivity index (χ0n) is 18.3. The molecular weight excluding hydrogens is 420 g/mol. The molecule has 1 atom stereocenters. The number of hydrogen-bond donors (Lipinski definition) is 2. The Labute approximate surface area is 183 Å². The number of nitrogens with one attached hydrogen (secondary N) is 2. The number of ether oxygens (including phenoxy) is 2. The number of benzene rings is 2. The van der Waals surface area contributed by atoms with E-state index in [0.29, 0.717) is 5.69 Å². The Kier molecular flexibility index (Phi) is 8.18. The average Bonchev–Trinajstić information content (AvgIpc) is 2.72. The van der Waals surface area contributed by atoms with Gasteiger partial charge in [-0.25, -0.2) is 17.9 Å². The lowest BCUT2D eigenvalue weighted by Crippen LogP contribution is -2.31. The molecule has 0 heterocycles. The van der Waals surface area contributed by atoms with Gasteiger partial charge in [-0.05, 0) is 63.1 Å². The topological polar surface area (TPSA) is 111 Å². The second-order valence-electron chi connectivity index (χ2n) is 7.23. The van der Waals surface area contributed by atoms with E-state index >= 15 is 0 Å². The van der Waals surface area contributed by atoms with Crippen molar-refractivity contribution in [2.24, 2.45) is 0 Å². The molecule has 2 aromatic rings. The number of anilines is 1. The van der Waals surface area contributed by atoms with Crippen LogP contribution >= 0.6 is 0 Å². The Morgan fingerprint density at radius 3 is 2.23 bits per heavy atom. The van der Waals surface area contributed by atoms with Crippen LogP contribution in [0.3, 0.4) is 0 Å². The average molecular weight is 449 g/mol. The third-order valence-electron chi connectivity index (χ3n) is 4.36. The van der Waals surface area contributed by atoms with Gasteiger partial charge in [0, 0.05) is 11.7 Å². The summed E-state index contributed by atoms with van der Waals surface area (Å²) in [4.78, 5) is 24.7. The minimum Gasteiger partial charge on any atom is -0.495 e. The second-order valence-corrected chi connectivity index (χ2v) is 8.91. The summed E-state index contributed by atoms with van der Waals surface area (Å²) in [5, 5.41) is 2.68. The van der Waals surface area contributed by atoms with Crippen molar-refractivity contribution in [3.05, 3.63) is 53.6 Å². The van der Waals surface area contributed by atoms with Gasteiger partial charge < -0.3 is 14.8 Å². The first-order valence-electron chi connectivity index (χ1n) is 9.88. The molecule has 8 nitrogen and oxygen atoms in total. The summed E-state index contributed by atoms with van der Waals surface area (Å²) in [7, 11) is -2.58. The molecule has 0 saturated carbocycles. The standard InChI is InChI=1S/C22H28N2O6S/c1-6-16-7-10-18(11-8-16)23-21(25)15(4)30-22(26)17-9-12-19(29-5)20(13-17)31(27,28)24-14(2)3/h7-15,24H,6H2,1-5H3,(H,23,25). The number of carbonyl (C=O) groups excluding carboxylic acids is 2. The van der Waals surface area contributed by atoms with Crippen molar-refractivity contribution < 1.29 is 27.5 Å². The van der Waals surface area contributed by atoms with E-state index < -0.39 is 28.0 Å². The van der Waals surface area contributed by atoms with Gasteiger partial charge in [-0.15, -0.1) is 0 Å². The molecule has 0 bridgehead atoms. The molecule has 0 fully saturated rings. The number of rotatable bonds is 9. The van der Waals surface area contributed by atoms with Crippen LogP contribution < -0.4 is 14.8 Å². The smallest absolute Gasteiger partial charge is 0.338 e. The lowest BCUT2D eigenvalue weighted by molar-refractivity contribution is -0.123. The van der Waals surface area contributed by atoms with Crippen molar-refractivity contribution in [3.63, 3.8) is 0 Å². The van der Waals surface area contributed by atoms with Gasteiger partial charge >= 0.3 is 5.97 Å². The van der Waals surface area contributed by atoms with Gasteiger partial charge in [-0.3, -0.25) is 4.79 Å². The lowest BCUT2D eigenvalue weighted by Gasteiger charge is -2.16. The molecule has 9 heteroatoms. The minimum absolute atomic E-state index is 0.0168. The maximum atomic E-state index is 12.6. The van der Waals surface area contributed by atoms with Crippen LogP contribution in [0.1, 0.15) is 43.6 Å². The summed E-state index contributed by atoms with van der Waals surface area (Å²) in [5.74, 6) is -1.24. The van der Waals surface area contributed by atoms with Gasteiger partial charge in [0.1, 0.15) is 10.6 Å². The molecule has 0 spiro atoms. The van der Waals surface area contributed by atoms with Crippen LogP contribution in [0.5, 0.6) is 5.75 Å². The van der Waals surface area contributed by atoms with E-state index in [4.69, 9.17) is 9.47 Å². The minimum atomic E-state index is -3.91. The molecule has 2 rings (SSSR count). The van der Waals surface area contributed by atoms with Gasteiger partial charge in [0.05, 0.1) is 12.7 Å². The largest absolute Gasteiger partial charge is 0.495 e. The summed E-state index contributed by atoms with van der Waals surface area (Å²) in [6.45, 7) is 6.83.